The molecule has 1 aromatic heterocycles. The third-order valence-electron chi connectivity index (χ3n) is 3.04. The summed E-state index contributed by atoms with van der Waals surface area (Å²) >= 11 is 0. The minimum atomic E-state index is -0.543. The van der Waals surface area contributed by atoms with Crippen LogP contribution >= 0.6 is 0 Å². The molecule has 0 amide bonds. The standard InChI is InChI=1S/C14H17FN2O/c1-17-9-8-16-14(17)7-6-12(18)10-11-4-2-3-5-13(11)15/h2-5,8-9,12,18H,6-7,10H2,1H3. The van der Waals surface area contributed by atoms with Crippen molar-refractivity contribution >= 4 is 0 Å². The first-order valence-corrected chi connectivity index (χ1v) is 6.04. The van der Waals surface area contributed by atoms with Crippen LogP contribution in [-0.4, -0.2) is 20.8 Å². The molecular formula is C14H17FN2O. The normalized spacial score (nSPS) is 12.6. The second-order valence-corrected chi connectivity index (χ2v) is 4.44. The molecular weight excluding hydrogens is 231 g/mol. The zero-order valence-corrected chi connectivity index (χ0v) is 10.4. The molecule has 0 aliphatic heterocycles. The Kier molecular flexibility index (Phi) is 4.10. The predicted octanol–water partition coefficient (Wildman–Crippen LogP) is 2.10. The van der Waals surface area contributed by atoms with Crippen LogP contribution in [0.5, 0.6) is 0 Å². The van der Waals surface area contributed by atoms with Crippen molar-refractivity contribution in [3.8, 4) is 0 Å². The maximum absolute atomic E-state index is 13.4. The van der Waals surface area contributed by atoms with E-state index in [1.54, 1.807) is 24.4 Å². The van der Waals surface area contributed by atoms with Crippen LogP contribution in [-0.2, 0) is 19.9 Å². The van der Waals surface area contributed by atoms with E-state index in [9.17, 15) is 9.50 Å². The van der Waals surface area contributed by atoms with Crippen LogP contribution < -0.4 is 0 Å². The van der Waals surface area contributed by atoms with Crippen molar-refractivity contribution in [3.05, 3.63) is 53.9 Å². The third-order valence-corrected chi connectivity index (χ3v) is 3.04. The van der Waals surface area contributed by atoms with Gasteiger partial charge in [-0.05, 0) is 18.1 Å². The van der Waals surface area contributed by atoms with Crippen molar-refractivity contribution in [2.75, 3.05) is 0 Å². The molecule has 96 valence electrons. The zero-order valence-electron chi connectivity index (χ0n) is 10.4. The van der Waals surface area contributed by atoms with Gasteiger partial charge in [-0.2, -0.15) is 0 Å². The van der Waals surface area contributed by atoms with Gasteiger partial charge in [0, 0.05) is 32.3 Å². The Morgan fingerprint density at radius 1 is 1.39 bits per heavy atom. The van der Waals surface area contributed by atoms with E-state index in [1.807, 2.05) is 17.8 Å². The van der Waals surface area contributed by atoms with E-state index in [4.69, 9.17) is 0 Å². The van der Waals surface area contributed by atoms with Crippen LogP contribution in [0.25, 0.3) is 0 Å². The highest BCUT2D eigenvalue weighted by atomic mass is 19.1. The number of halogens is 1. The lowest BCUT2D eigenvalue weighted by molar-refractivity contribution is 0.163. The number of hydrogen-bond acceptors (Lipinski definition) is 2. The second-order valence-electron chi connectivity index (χ2n) is 4.44. The van der Waals surface area contributed by atoms with E-state index in [-0.39, 0.29) is 5.82 Å². The number of nitrogens with zero attached hydrogens (tertiary/aromatic N) is 2. The molecule has 0 radical (unpaired) electrons. The topological polar surface area (TPSA) is 38.0 Å². The van der Waals surface area contributed by atoms with Crippen molar-refractivity contribution < 1.29 is 9.50 Å². The van der Waals surface area contributed by atoms with Gasteiger partial charge in [0.1, 0.15) is 11.6 Å². The van der Waals surface area contributed by atoms with E-state index < -0.39 is 6.10 Å². The molecule has 0 aliphatic carbocycles. The summed E-state index contributed by atoms with van der Waals surface area (Å²) in [7, 11) is 1.92. The Labute approximate surface area is 106 Å². The Hall–Kier alpha value is -1.68. The van der Waals surface area contributed by atoms with Crippen molar-refractivity contribution in [2.45, 2.75) is 25.4 Å². The predicted molar refractivity (Wildman–Crippen MR) is 67.6 cm³/mol. The van der Waals surface area contributed by atoms with Crippen LogP contribution in [0.2, 0.25) is 0 Å². The summed E-state index contributed by atoms with van der Waals surface area (Å²) in [6, 6.07) is 6.56. The molecule has 2 rings (SSSR count). The minimum Gasteiger partial charge on any atom is -0.393 e. The number of aromatic nitrogens is 2. The molecule has 0 bridgehead atoms. The van der Waals surface area contributed by atoms with Gasteiger partial charge in [-0.15, -0.1) is 0 Å². The molecule has 18 heavy (non-hydrogen) atoms. The maximum atomic E-state index is 13.4. The van der Waals surface area contributed by atoms with Gasteiger partial charge >= 0.3 is 0 Å². The molecule has 1 heterocycles. The number of aliphatic hydroxyl groups excluding tert-OH is 1. The van der Waals surface area contributed by atoms with Gasteiger partial charge in [0.05, 0.1) is 6.10 Å². The fraction of sp³-hybridized carbons (Fsp3) is 0.357. The van der Waals surface area contributed by atoms with Gasteiger partial charge in [-0.1, -0.05) is 18.2 Å². The van der Waals surface area contributed by atoms with E-state index in [2.05, 4.69) is 4.98 Å². The summed E-state index contributed by atoms with van der Waals surface area (Å²) < 4.78 is 15.3. The van der Waals surface area contributed by atoms with Crippen molar-refractivity contribution in [2.24, 2.45) is 7.05 Å². The summed E-state index contributed by atoms with van der Waals surface area (Å²) in [5.74, 6) is 0.677. The lowest BCUT2D eigenvalue weighted by Gasteiger charge is -2.11. The van der Waals surface area contributed by atoms with Gasteiger partial charge in [0.15, 0.2) is 0 Å². The van der Waals surface area contributed by atoms with Crippen LogP contribution in [0.15, 0.2) is 36.7 Å². The fourth-order valence-electron chi connectivity index (χ4n) is 1.95. The number of rotatable bonds is 5. The molecule has 2 aromatic rings. The highest BCUT2D eigenvalue weighted by Gasteiger charge is 2.10. The van der Waals surface area contributed by atoms with Crippen LogP contribution in [0, 0.1) is 5.82 Å². The largest absolute Gasteiger partial charge is 0.393 e. The van der Waals surface area contributed by atoms with E-state index in [0.29, 0.717) is 24.8 Å². The molecule has 0 saturated carbocycles. The lowest BCUT2D eigenvalue weighted by Crippen LogP contribution is -2.13. The molecule has 1 aromatic carbocycles. The van der Waals surface area contributed by atoms with Gasteiger partial charge in [0.2, 0.25) is 0 Å². The average Bonchev–Trinajstić information content (AvgIpc) is 2.75. The fourth-order valence-corrected chi connectivity index (χ4v) is 1.95. The van der Waals surface area contributed by atoms with E-state index in [1.165, 1.54) is 6.07 Å². The summed E-state index contributed by atoms with van der Waals surface area (Å²) in [6.07, 6.45) is 4.69. The Balaban J connectivity index is 1.88. The molecule has 1 unspecified atom stereocenters. The van der Waals surface area contributed by atoms with E-state index in [0.717, 1.165) is 5.82 Å². The molecule has 0 saturated heterocycles. The Bertz CT molecular complexity index is 510. The number of aliphatic hydroxyl groups is 1. The van der Waals surface area contributed by atoms with Gasteiger partial charge < -0.3 is 9.67 Å². The van der Waals surface area contributed by atoms with Gasteiger partial charge in [-0.25, -0.2) is 9.37 Å². The average molecular weight is 248 g/mol. The van der Waals surface area contributed by atoms with E-state index >= 15 is 0 Å². The zero-order chi connectivity index (χ0) is 13.0. The first-order chi connectivity index (χ1) is 8.66. The number of imidazole rings is 1. The smallest absolute Gasteiger partial charge is 0.126 e. The number of aryl methyl sites for hydroxylation is 2. The molecule has 0 spiro atoms. The summed E-state index contributed by atoms with van der Waals surface area (Å²) in [4.78, 5) is 4.19. The quantitative estimate of drug-likeness (QED) is 0.880. The van der Waals surface area contributed by atoms with Crippen LogP contribution in [0.3, 0.4) is 0 Å². The first-order valence-electron chi connectivity index (χ1n) is 6.04. The maximum Gasteiger partial charge on any atom is 0.126 e. The summed E-state index contributed by atoms with van der Waals surface area (Å²) in [6.45, 7) is 0. The van der Waals surface area contributed by atoms with Crippen molar-refractivity contribution in [1.82, 2.24) is 9.55 Å². The lowest BCUT2D eigenvalue weighted by atomic mass is 10.0. The van der Waals surface area contributed by atoms with Crippen LogP contribution in [0.1, 0.15) is 17.8 Å². The number of hydrogen-bond donors (Lipinski definition) is 1. The SMILES string of the molecule is Cn1ccnc1CCC(O)Cc1ccccc1F. The van der Waals surface area contributed by atoms with Gasteiger partial charge in [-0.3, -0.25) is 0 Å². The highest BCUT2D eigenvalue weighted by molar-refractivity contribution is 5.18. The summed E-state index contributed by atoms with van der Waals surface area (Å²) in [5.41, 5.74) is 0.560. The molecule has 0 fully saturated rings. The highest BCUT2D eigenvalue weighted by Crippen LogP contribution is 2.12. The molecule has 4 heteroatoms. The Morgan fingerprint density at radius 3 is 2.83 bits per heavy atom. The number of benzene rings is 1. The molecule has 1 N–H and O–H groups in total. The van der Waals surface area contributed by atoms with Crippen LogP contribution in [0.4, 0.5) is 4.39 Å². The van der Waals surface area contributed by atoms with Crippen molar-refractivity contribution in [3.63, 3.8) is 0 Å². The monoisotopic (exact) mass is 248 g/mol. The molecule has 0 aliphatic rings. The second kappa shape index (κ2) is 5.78. The molecule has 1 atom stereocenters. The minimum absolute atomic E-state index is 0.256. The Morgan fingerprint density at radius 2 is 2.17 bits per heavy atom. The summed E-state index contributed by atoms with van der Waals surface area (Å²) in [5, 5.41) is 9.91. The van der Waals surface area contributed by atoms with Gasteiger partial charge in [0.25, 0.3) is 0 Å². The van der Waals surface area contributed by atoms with Crippen molar-refractivity contribution in [1.29, 1.82) is 0 Å². The first kappa shape index (κ1) is 12.8. The molecule has 3 nitrogen and oxygen atoms in total. The third kappa shape index (κ3) is 3.17.